The maximum atomic E-state index is 6.21. The van der Waals surface area contributed by atoms with E-state index in [0.717, 1.165) is 16.8 Å². The van der Waals surface area contributed by atoms with Gasteiger partial charge in [0.05, 0.1) is 6.04 Å². The molecule has 2 heteroatoms. The second kappa shape index (κ2) is 4.37. The molecule has 2 nitrogen and oxygen atoms in total. The van der Waals surface area contributed by atoms with E-state index in [0.29, 0.717) is 0 Å². The lowest BCUT2D eigenvalue weighted by Crippen LogP contribution is -2.13. The van der Waals surface area contributed by atoms with Crippen molar-refractivity contribution in [1.29, 1.82) is 0 Å². The molecule has 0 radical (unpaired) electrons. The summed E-state index contributed by atoms with van der Waals surface area (Å²) in [5.74, 6) is 0. The fraction of sp³-hybridized carbons (Fsp3) is 0.143. The van der Waals surface area contributed by atoms with E-state index in [2.05, 4.69) is 0 Å². The molecule has 82 valence electrons. The van der Waals surface area contributed by atoms with E-state index in [1.165, 1.54) is 5.56 Å². The second-order valence-corrected chi connectivity index (χ2v) is 4.02. The Morgan fingerprint density at radius 1 is 1.00 bits per heavy atom. The minimum Gasteiger partial charge on any atom is -0.398 e. The van der Waals surface area contributed by atoms with Gasteiger partial charge in [0.1, 0.15) is 0 Å². The Morgan fingerprint density at radius 2 is 1.69 bits per heavy atom. The fourth-order valence-electron chi connectivity index (χ4n) is 1.80. The molecule has 0 amide bonds. The lowest BCUT2D eigenvalue weighted by molar-refractivity contribution is 0.873. The highest BCUT2D eigenvalue weighted by molar-refractivity contribution is 5.52. The highest BCUT2D eigenvalue weighted by atomic mass is 14.7. The molecule has 16 heavy (non-hydrogen) atoms. The van der Waals surface area contributed by atoms with E-state index >= 15 is 0 Å². The van der Waals surface area contributed by atoms with Crippen LogP contribution in [0.2, 0.25) is 0 Å². The standard InChI is InChI=1S/C14H16N2/c1-10-7-8-13(15)12(9-10)14(16)11-5-3-2-4-6-11/h2-9,14H,15-16H2,1H3. The van der Waals surface area contributed by atoms with Gasteiger partial charge in [-0.15, -0.1) is 0 Å². The van der Waals surface area contributed by atoms with Crippen LogP contribution >= 0.6 is 0 Å². The van der Waals surface area contributed by atoms with Crippen molar-refractivity contribution < 1.29 is 0 Å². The van der Waals surface area contributed by atoms with Crippen LogP contribution < -0.4 is 11.5 Å². The van der Waals surface area contributed by atoms with Crippen LogP contribution in [0.4, 0.5) is 5.69 Å². The van der Waals surface area contributed by atoms with Gasteiger partial charge in [0.2, 0.25) is 0 Å². The van der Waals surface area contributed by atoms with Crippen LogP contribution in [-0.2, 0) is 0 Å². The maximum absolute atomic E-state index is 6.21. The van der Waals surface area contributed by atoms with Crippen molar-refractivity contribution in [3.05, 3.63) is 65.2 Å². The minimum atomic E-state index is -0.152. The number of nitrogens with two attached hydrogens (primary N) is 2. The van der Waals surface area contributed by atoms with Crippen molar-refractivity contribution in [2.45, 2.75) is 13.0 Å². The van der Waals surface area contributed by atoms with Crippen LogP contribution in [-0.4, -0.2) is 0 Å². The monoisotopic (exact) mass is 212 g/mol. The van der Waals surface area contributed by atoms with E-state index in [4.69, 9.17) is 11.5 Å². The van der Waals surface area contributed by atoms with Crippen molar-refractivity contribution in [3.63, 3.8) is 0 Å². The SMILES string of the molecule is Cc1ccc(N)c(C(N)c2ccccc2)c1. The summed E-state index contributed by atoms with van der Waals surface area (Å²) in [6.45, 7) is 2.04. The third-order valence-electron chi connectivity index (χ3n) is 2.74. The quantitative estimate of drug-likeness (QED) is 0.752. The second-order valence-electron chi connectivity index (χ2n) is 4.02. The summed E-state index contributed by atoms with van der Waals surface area (Å²) in [6, 6.07) is 15.8. The molecule has 0 aromatic heterocycles. The molecular weight excluding hydrogens is 196 g/mol. The van der Waals surface area contributed by atoms with Gasteiger partial charge in [0, 0.05) is 5.69 Å². The van der Waals surface area contributed by atoms with Gasteiger partial charge in [-0.3, -0.25) is 0 Å². The molecule has 0 bridgehead atoms. The first-order chi connectivity index (χ1) is 7.68. The van der Waals surface area contributed by atoms with Crippen molar-refractivity contribution in [2.75, 3.05) is 5.73 Å². The van der Waals surface area contributed by atoms with Crippen LogP contribution in [0.15, 0.2) is 48.5 Å². The smallest absolute Gasteiger partial charge is 0.0572 e. The van der Waals surface area contributed by atoms with Gasteiger partial charge in [-0.05, 0) is 24.1 Å². The Balaban J connectivity index is 2.41. The number of hydrogen-bond donors (Lipinski definition) is 2. The number of nitrogen functional groups attached to an aromatic ring is 1. The molecule has 2 aromatic carbocycles. The largest absolute Gasteiger partial charge is 0.398 e. The summed E-state index contributed by atoms with van der Waals surface area (Å²) in [6.07, 6.45) is 0. The number of rotatable bonds is 2. The van der Waals surface area contributed by atoms with Gasteiger partial charge in [-0.1, -0.05) is 48.0 Å². The van der Waals surface area contributed by atoms with Crippen molar-refractivity contribution in [2.24, 2.45) is 5.73 Å². The van der Waals surface area contributed by atoms with Gasteiger partial charge in [-0.25, -0.2) is 0 Å². The highest BCUT2D eigenvalue weighted by Crippen LogP contribution is 2.25. The molecule has 1 unspecified atom stereocenters. The molecule has 0 aliphatic heterocycles. The lowest BCUT2D eigenvalue weighted by Gasteiger charge is -2.15. The zero-order chi connectivity index (χ0) is 11.5. The third-order valence-corrected chi connectivity index (χ3v) is 2.74. The van der Waals surface area contributed by atoms with E-state index in [-0.39, 0.29) is 6.04 Å². The summed E-state index contributed by atoms with van der Waals surface area (Å²) >= 11 is 0. The van der Waals surface area contributed by atoms with Crippen LogP contribution in [0.3, 0.4) is 0 Å². The van der Waals surface area contributed by atoms with E-state index in [9.17, 15) is 0 Å². The van der Waals surface area contributed by atoms with Crippen LogP contribution in [0.5, 0.6) is 0 Å². The summed E-state index contributed by atoms with van der Waals surface area (Å²) in [4.78, 5) is 0. The zero-order valence-electron chi connectivity index (χ0n) is 9.35. The summed E-state index contributed by atoms with van der Waals surface area (Å²) < 4.78 is 0. The molecule has 0 fully saturated rings. The van der Waals surface area contributed by atoms with Crippen molar-refractivity contribution in [1.82, 2.24) is 0 Å². The predicted octanol–water partition coefficient (Wildman–Crippen LogP) is 2.63. The zero-order valence-corrected chi connectivity index (χ0v) is 9.35. The van der Waals surface area contributed by atoms with E-state index < -0.39 is 0 Å². The van der Waals surface area contributed by atoms with Crippen LogP contribution in [0, 0.1) is 6.92 Å². The fourth-order valence-corrected chi connectivity index (χ4v) is 1.80. The van der Waals surface area contributed by atoms with Crippen LogP contribution in [0.25, 0.3) is 0 Å². The van der Waals surface area contributed by atoms with E-state index in [1.807, 2.05) is 55.5 Å². The van der Waals surface area contributed by atoms with Crippen LogP contribution in [0.1, 0.15) is 22.7 Å². The molecule has 0 aliphatic rings. The molecule has 0 aliphatic carbocycles. The van der Waals surface area contributed by atoms with Crippen molar-refractivity contribution >= 4 is 5.69 Å². The Labute approximate surface area is 95.9 Å². The number of aryl methyl sites for hydroxylation is 1. The molecule has 0 heterocycles. The normalized spacial score (nSPS) is 12.4. The predicted molar refractivity (Wildman–Crippen MR) is 68.1 cm³/mol. The Morgan fingerprint density at radius 3 is 2.38 bits per heavy atom. The molecule has 2 rings (SSSR count). The van der Waals surface area contributed by atoms with E-state index in [1.54, 1.807) is 0 Å². The highest BCUT2D eigenvalue weighted by Gasteiger charge is 2.11. The molecular formula is C14H16N2. The van der Waals surface area contributed by atoms with Gasteiger partial charge >= 0.3 is 0 Å². The average Bonchev–Trinajstić information content (AvgIpc) is 2.32. The molecule has 1 atom stereocenters. The summed E-state index contributed by atoms with van der Waals surface area (Å²) in [5, 5.41) is 0. The molecule has 0 saturated carbocycles. The van der Waals surface area contributed by atoms with Gasteiger partial charge in [-0.2, -0.15) is 0 Å². The first-order valence-electron chi connectivity index (χ1n) is 5.35. The Hall–Kier alpha value is -1.80. The first-order valence-corrected chi connectivity index (χ1v) is 5.35. The van der Waals surface area contributed by atoms with Gasteiger partial charge in [0.25, 0.3) is 0 Å². The Kier molecular flexibility index (Phi) is 2.93. The molecule has 2 aromatic rings. The summed E-state index contributed by atoms with van der Waals surface area (Å²) in [7, 11) is 0. The number of anilines is 1. The third kappa shape index (κ3) is 2.07. The van der Waals surface area contributed by atoms with Gasteiger partial charge in [0.15, 0.2) is 0 Å². The van der Waals surface area contributed by atoms with Gasteiger partial charge < -0.3 is 11.5 Å². The maximum Gasteiger partial charge on any atom is 0.0572 e. The number of benzene rings is 2. The molecule has 0 spiro atoms. The number of hydrogen-bond acceptors (Lipinski definition) is 2. The molecule has 4 N–H and O–H groups in total. The van der Waals surface area contributed by atoms with Crippen molar-refractivity contribution in [3.8, 4) is 0 Å². The average molecular weight is 212 g/mol. The first kappa shape index (κ1) is 10.7. The molecule has 0 saturated heterocycles. The lowest BCUT2D eigenvalue weighted by atomic mass is 9.97. The Bertz CT molecular complexity index is 477. The summed E-state index contributed by atoms with van der Waals surface area (Å²) in [5.41, 5.74) is 16.2. The minimum absolute atomic E-state index is 0.152. The topological polar surface area (TPSA) is 52.0 Å².